The van der Waals surface area contributed by atoms with E-state index in [0.29, 0.717) is 12.6 Å². The van der Waals surface area contributed by atoms with Gasteiger partial charge in [-0.25, -0.2) is 0 Å². The van der Waals surface area contributed by atoms with Gasteiger partial charge in [0.05, 0.1) is 0 Å². The van der Waals surface area contributed by atoms with Crippen molar-refractivity contribution in [3.8, 4) is 0 Å². The summed E-state index contributed by atoms with van der Waals surface area (Å²) in [5.74, 6) is -0.668. The van der Waals surface area contributed by atoms with Crippen molar-refractivity contribution in [3.63, 3.8) is 0 Å². The second kappa shape index (κ2) is 3.27. The molecule has 4 nitrogen and oxygen atoms in total. The third-order valence-electron chi connectivity index (χ3n) is 3.12. The third-order valence-corrected chi connectivity index (χ3v) is 3.12. The van der Waals surface area contributed by atoms with Gasteiger partial charge in [0.15, 0.2) is 0 Å². The lowest BCUT2D eigenvalue weighted by Crippen LogP contribution is -2.57. The zero-order valence-electron chi connectivity index (χ0n) is 7.94. The second-order valence-electron chi connectivity index (χ2n) is 4.11. The Morgan fingerprint density at radius 2 is 2.23 bits per heavy atom. The quantitative estimate of drug-likeness (QED) is 0.615. The minimum Gasteiger partial charge on any atom is -0.480 e. The molecular weight excluding hydrogens is 168 g/mol. The summed E-state index contributed by atoms with van der Waals surface area (Å²) in [6, 6.07) is 0.214. The highest BCUT2D eigenvalue weighted by atomic mass is 16.4. The van der Waals surface area contributed by atoms with E-state index in [0.717, 1.165) is 25.9 Å². The number of hydrogen-bond acceptors (Lipinski definition) is 3. The zero-order valence-corrected chi connectivity index (χ0v) is 7.94. The van der Waals surface area contributed by atoms with Crippen LogP contribution in [0.1, 0.15) is 12.8 Å². The van der Waals surface area contributed by atoms with Crippen LogP contribution in [0, 0.1) is 0 Å². The Labute approximate surface area is 78.1 Å². The van der Waals surface area contributed by atoms with E-state index in [-0.39, 0.29) is 6.04 Å². The highest BCUT2D eigenvalue weighted by molar-refractivity contribution is 5.74. The Morgan fingerprint density at radius 3 is 2.92 bits per heavy atom. The monoisotopic (exact) mass is 184 g/mol. The standard InChI is InChI=1S/C9H16N2O2/c1-10-5-7-3-2-4-11(7)8(6-10)9(12)13/h7-8H,2-6H2,1H3,(H,12,13). The normalized spacial score (nSPS) is 36.1. The van der Waals surface area contributed by atoms with Gasteiger partial charge in [0.2, 0.25) is 0 Å². The molecule has 0 radical (unpaired) electrons. The summed E-state index contributed by atoms with van der Waals surface area (Å²) in [5.41, 5.74) is 0. The smallest absolute Gasteiger partial charge is 0.322 e. The fourth-order valence-electron chi connectivity index (χ4n) is 2.52. The molecule has 4 heteroatoms. The Kier molecular flexibility index (Phi) is 2.26. The lowest BCUT2D eigenvalue weighted by atomic mass is 10.1. The molecule has 0 aromatic rings. The zero-order chi connectivity index (χ0) is 9.42. The lowest BCUT2D eigenvalue weighted by molar-refractivity contribution is -0.146. The van der Waals surface area contributed by atoms with E-state index in [4.69, 9.17) is 5.11 Å². The molecule has 0 aliphatic carbocycles. The summed E-state index contributed by atoms with van der Waals surface area (Å²) >= 11 is 0. The lowest BCUT2D eigenvalue weighted by Gasteiger charge is -2.39. The first-order chi connectivity index (χ1) is 6.18. The van der Waals surface area contributed by atoms with Gasteiger partial charge in [-0.1, -0.05) is 0 Å². The number of carbonyl (C=O) groups is 1. The van der Waals surface area contributed by atoms with E-state index in [2.05, 4.69) is 9.80 Å². The van der Waals surface area contributed by atoms with Crippen LogP contribution >= 0.6 is 0 Å². The predicted molar refractivity (Wildman–Crippen MR) is 48.6 cm³/mol. The Morgan fingerprint density at radius 1 is 1.46 bits per heavy atom. The molecule has 2 aliphatic heterocycles. The molecule has 0 bridgehead atoms. The van der Waals surface area contributed by atoms with Crippen molar-refractivity contribution in [2.75, 3.05) is 26.7 Å². The topological polar surface area (TPSA) is 43.8 Å². The van der Waals surface area contributed by atoms with E-state index in [9.17, 15) is 4.79 Å². The molecule has 0 amide bonds. The summed E-state index contributed by atoms with van der Waals surface area (Å²) in [7, 11) is 2.01. The average molecular weight is 184 g/mol. The number of aliphatic carboxylic acids is 1. The van der Waals surface area contributed by atoms with Crippen molar-refractivity contribution in [1.29, 1.82) is 0 Å². The van der Waals surface area contributed by atoms with Crippen molar-refractivity contribution in [2.45, 2.75) is 24.9 Å². The van der Waals surface area contributed by atoms with Crippen molar-refractivity contribution >= 4 is 5.97 Å². The van der Waals surface area contributed by atoms with Gasteiger partial charge < -0.3 is 10.0 Å². The number of fused-ring (bicyclic) bond motifs is 1. The number of carboxylic acids is 1. The van der Waals surface area contributed by atoms with Crippen LogP contribution in [0.25, 0.3) is 0 Å². The van der Waals surface area contributed by atoms with E-state index >= 15 is 0 Å². The molecular formula is C9H16N2O2. The third kappa shape index (κ3) is 1.56. The average Bonchev–Trinajstić information content (AvgIpc) is 2.49. The molecule has 2 aliphatic rings. The number of carboxylic acid groups (broad SMARTS) is 1. The van der Waals surface area contributed by atoms with Crippen LogP contribution in [0.5, 0.6) is 0 Å². The second-order valence-corrected chi connectivity index (χ2v) is 4.11. The van der Waals surface area contributed by atoms with Crippen molar-refractivity contribution in [3.05, 3.63) is 0 Å². The molecule has 74 valence electrons. The van der Waals surface area contributed by atoms with E-state index in [1.54, 1.807) is 0 Å². The number of likely N-dealkylation sites (N-methyl/N-ethyl adjacent to an activating group) is 1. The fourth-order valence-corrected chi connectivity index (χ4v) is 2.52. The molecule has 0 spiro atoms. The van der Waals surface area contributed by atoms with Crippen LogP contribution in [-0.2, 0) is 4.79 Å². The maximum absolute atomic E-state index is 11.0. The Balaban J connectivity index is 2.12. The largest absolute Gasteiger partial charge is 0.480 e. The molecule has 0 saturated carbocycles. The number of nitrogens with zero attached hydrogens (tertiary/aromatic N) is 2. The molecule has 2 rings (SSSR count). The van der Waals surface area contributed by atoms with Crippen molar-refractivity contribution < 1.29 is 9.90 Å². The minimum atomic E-state index is -0.668. The Bertz CT molecular complexity index is 220. The summed E-state index contributed by atoms with van der Waals surface area (Å²) in [6.45, 7) is 2.67. The molecule has 2 fully saturated rings. The summed E-state index contributed by atoms with van der Waals surface area (Å²) in [6.07, 6.45) is 2.32. The van der Waals surface area contributed by atoms with Gasteiger partial charge in [-0.15, -0.1) is 0 Å². The maximum atomic E-state index is 11.0. The first kappa shape index (κ1) is 8.97. The molecule has 2 heterocycles. The molecule has 1 N–H and O–H groups in total. The van der Waals surface area contributed by atoms with Gasteiger partial charge in [0.25, 0.3) is 0 Å². The fraction of sp³-hybridized carbons (Fsp3) is 0.889. The van der Waals surface area contributed by atoms with E-state index in [1.807, 2.05) is 7.05 Å². The van der Waals surface area contributed by atoms with Crippen LogP contribution in [0.2, 0.25) is 0 Å². The van der Waals surface area contributed by atoms with Crippen LogP contribution in [0.3, 0.4) is 0 Å². The minimum absolute atomic E-state index is 0.272. The van der Waals surface area contributed by atoms with Gasteiger partial charge >= 0.3 is 5.97 Å². The number of piperazine rings is 1. The number of rotatable bonds is 1. The summed E-state index contributed by atoms with van der Waals surface area (Å²) in [4.78, 5) is 15.3. The molecule has 0 aromatic heterocycles. The van der Waals surface area contributed by atoms with Gasteiger partial charge in [-0.3, -0.25) is 9.69 Å². The highest BCUT2D eigenvalue weighted by Gasteiger charge is 2.39. The van der Waals surface area contributed by atoms with Crippen LogP contribution in [-0.4, -0.2) is 59.6 Å². The van der Waals surface area contributed by atoms with E-state index < -0.39 is 5.97 Å². The summed E-state index contributed by atoms with van der Waals surface area (Å²) in [5, 5.41) is 9.03. The molecule has 0 aromatic carbocycles. The predicted octanol–water partition coefficient (Wildman–Crippen LogP) is -0.151. The van der Waals surface area contributed by atoms with Crippen LogP contribution < -0.4 is 0 Å². The first-order valence-corrected chi connectivity index (χ1v) is 4.85. The summed E-state index contributed by atoms with van der Waals surface area (Å²) < 4.78 is 0. The first-order valence-electron chi connectivity index (χ1n) is 4.85. The van der Waals surface area contributed by atoms with Crippen molar-refractivity contribution in [2.24, 2.45) is 0 Å². The van der Waals surface area contributed by atoms with Crippen LogP contribution in [0.15, 0.2) is 0 Å². The molecule has 2 unspecified atom stereocenters. The molecule has 13 heavy (non-hydrogen) atoms. The van der Waals surface area contributed by atoms with Gasteiger partial charge in [0, 0.05) is 19.1 Å². The SMILES string of the molecule is CN1CC2CCCN2C(C(=O)O)C1. The molecule has 2 atom stereocenters. The van der Waals surface area contributed by atoms with E-state index in [1.165, 1.54) is 0 Å². The maximum Gasteiger partial charge on any atom is 0.322 e. The number of hydrogen-bond donors (Lipinski definition) is 1. The van der Waals surface area contributed by atoms with Gasteiger partial charge in [-0.05, 0) is 26.4 Å². The van der Waals surface area contributed by atoms with Gasteiger partial charge in [0.1, 0.15) is 6.04 Å². The highest BCUT2D eigenvalue weighted by Crippen LogP contribution is 2.24. The Hall–Kier alpha value is -0.610. The molecule has 2 saturated heterocycles. The van der Waals surface area contributed by atoms with Crippen molar-refractivity contribution in [1.82, 2.24) is 9.80 Å². The van der Waals surface area contributed by atoms with Crippen LogP contribution in [0.4, 0.5) is 0 Å². The van der Waals surface area contributed by atoms with Gasteiger partial charge in [-0.2, -0.15) is 0 Å².